The van der Waals surface area contributed by atoms with Crippen LogP contribution in [0.5, 0.6) is 0 Å². The van der Waals surface area contributed by atoms with E-state index in [1.807, 2.05) is 32.0 Å². The van der Waals surface area contributed by atoms with Crippen LogP contribution < -0.4 is 5.32 Å². The first-order valence-corrected chi connectivity index (χ1v) is 13.3. The molecule has 34 heavy (non-hydrogen) atoms. The molecule has 0 aromatic heterocycles. The Labute approximate surface area is 204 Å². The van der Waals surface area contributed by atoms with Crippen LogP contribution in [0.25, 0.3) is 0 Å². The molecule has 2 aromatic rings. The molecule has 1 aliphatic heterocycles. The van der Waals surface area contributed by atoms with E-state index >= 15 is 0 Å². The summed E-state index contributed by atoms with van der Waals surface area (Å²) in [5.74, 6) is 0.449. The second kappa shape index (κ2) is 9.93. The first kappa shape index (κ1) is 23.1. The maximum atomic E-state index is 13.9. The van der Waals surface area contributed by atoms with Crippen LogP contribution in [-0.4, -0.2) is 29.3 Å². The molecule has 1 saturated carbocycles. The molecule has 0 radical (unpaired) electrons. The zero-order valence-electron chi connectivity index (χ0n) is 20.7. The Morgan fingerprint density at radius 1 is 0.853 bits per heavy atom. The molecular formula is C30H38N2O2. The summed E-state index contributed by atoms with van der Waals surface area (Å²) in [5, 5.41) is 3.26. The number of carbonyl (C=O) groups excluding carboxylic acids is 2. The standard InChI is InChI=1S/C30H38N2O2/c1-20-9-6-10-21(2)27(20)30(34)32-18-8-15-26(28(32)23-11-4-3-5-12-23)29(33)31-25-17-16-22-13-7-14-24(22)19-25/h6,9-10,16-17,19,23,26,28H,3-5,7-8,11-15,18H2,1-2H3,(H,31,33)/t26?,28-/m0/s1. The largest absolute Gasteiger partial charge is 0.335 e. The number of likely N-dealkylation sites (tertiary alicyclic amines) is 1. The number of nitrogens with one attached hydrogen (secondary N) is 1. The molecule has 0 bridgehead atoms. The van der Waals surface area contributed by atoms with Crippen LogP contribution in [0.4, 0.5) is 5.69 Å². The number of nitrogens with zero attached hydrogens (tertiary/aromatic N) is 1. The second-order valence-corrected chi connectivity index (χ2v) is 10.7. The Hall–Kier alpha value is -2.62. The molecule has 1 unspecified atom stereocenters. The van der Waals surface area contributed by atoms with Crippen LogP contribution in [0.2, 0.25) is 0 Å². The summed E-state index contributed by atoms with van der Waals surface area (Å²) in [6.45, 7) is 4.80. The lowest BCUT2D eigenvalue weighted by Gasteiger charge is -2.46. The lowest BCUT2D eigenvalue weighted by atomic mass is 9.74. The molecule has 1 saturated heterocycles. The summed E-state index contributed by atoms with van der Waals surface area (Å²) in [5.41, 5.74) is 6.57. The van der Waals surface area contributed by atoms with Crippen molar-refractivity contribution in [3.05, 3.63) is 64.2 Å². The molecule has 2 fully saturated rings. The number of hydrogen-bond donors (Lipinski definition) is 1. The lowest BCUT2D eigenvalue weighted by molar-refractivity contribution is -0.124. The van der Waals surface area contributed by atoms with Gasteiger partial charge in [-0.25, -0.2) is 0 Å². The number of carbonyl (C=O) groups is 2. The van der Waals surface area contributed by atoms with Crippen molar-refractivity contribution >= 4 is 17.5 Å². The van der Waals surface area contributed by atoms with Gasteiger partial charge in [-0.15, -0.1) is 0 Å². The number of piperidine rings is 1. The zero-order valence-corrected chi connectivity index (χ0v) is 20.7. The Kier molecular flexibility index (Phi) is 6.76. The van der Waals surface area contributed by atoms with E-state index in [1.54, 1.807) is 0 Å². The zero-order chi connectivity index (χ0) is 23.7. The minimum Gasteiger partial charge on any atom is -0.335 e. The van der Waals surface area contributed by atoms with Gasteiger partial charge in [0.15, 0.2) is 0 Å². The van der Waals surface area contributed by atoms with Crippen molar-refractivity contribution in [1.29, 1.82) is 0 Å². The van der Waals surface area contributed by atoms with Gasteiger partial charge in [0.2, 0.25) is 5.91 Å². The molecular weight excluding hydrogens is 420 g/mol. The van der Waals surface area contributed by atoms with E-state index in [-0.39, 0.29) is 23.8 Å². The number of aryl methyl sites for hydroxylation is 4. The molecule has 0 spiro atoms. The molecule has 4 nitrogen and oxygen atoms in total. The Bertz CT molecular complexity index is 1050. The molecule has 5 rings (SSSR count). The van der Waals surface area contributed by atoms with Crippen LogP contribution in [0.3, 0.4) is 0 Å². The number of anilines is 1. The first-order chi connectivity index (χ1) is 16.5. The maximum absolute atomic E-state index is 13.9. The van der Waals surface area contributed by atoms with Crippen LogP contribution in [0, 0.1) is 25.7 Å². The minimum absolute atomic E-state index is 0.0185. The third kappa shape index (κ3) is 4.52. The summed E-state index contributed by atoms with van der Waals surface area (Å²) < 4.78 is 0. The van der Waals surface area contributed by atoms with Gasteiger partial charge in [0.25, 0.3) is 5.91 Å². The maximum Gasteiger partial charge on any atom is 0.254 e. The van der Waals surface area contributed by atoms with E-state index in [1.165, 1.54) is 36.8 Å². The van der Waals surface area contributed by atoms with E-state index in [0.29, 0.717) is 5.92 Å². The van der Waals surface area contributed by atoms with E-state index in [0.717, 1.165) is 67.4 Å². The topological polar surface area (TPSA) is 49.4 Å². The monoisotopic (exact) mass is 458 g/mol. The van der Waals surface area contributed by atoms with Gasteiger partial charge in [-0.2, -0.15) is 0 Å². The Morgan fingerprint density at radius 3 is 2.35 bits per heavy atom. The molecule has 3 aliphatic rings. The van der Waals surface area contributed by atoms with E-state index in [4.69, 9.17) is 0 Å². The summed E-state index contributed by atoms with van der Waals surface area (Å²) in [4.78, 5) is 29.7. The van der Waals surface area contributed by atoms with Gasteiger partial charge < -0.3 is 10.2 Å². The fourth-order valence-electron chi connectivity index (χ4n) is 6.78. The number of rotatable bonds is 4. The Morgan fingerprint density at radius 2 is 1.59 bits per heavy atom. The van der Waals surface area contributed by atoms with Crippen molar-refractivity contribution in [2.24, 2.45) is 11.8 Å². The van der Waals surface area contributed by atoms with Crippen LogP contribution in [0.1, 0.15) is 84.0 Å². The average molecular weight is 459 g/mol. The second-order valence-electron chi connectivity index (χ2n) is 10.7. The highest BCUT2D eigenvalue weighted by molar-refractivity contribution is 5.99. The minimum atomic E-state index is -0.154. The molecule has 2 atom stereocenters. The van der Waals surface area contributed by atoms with Gasteiger partial charge in [0.05, 0.1) is 5.92 Å². The fourth-order valence-corrected chi connectivity index (χ4v) is 6.78. The van der Waals surface area contributed by atoms with Gasteiger partial charge >= 0.3 is 0 Å². The van der Waals surface area contributed by atoms with Crippen molar-refractivity contribution in [1.82, 2.24) is 4.90 Å². The molecule has 1 N–H and O–H groups in total. The van der Waals surface area contributed by atoms with Gasteiger partial charge in [-0.3, -0.25) is 9.59 Å². The molecule has 1 heterocycles. The average Bonchev–Trinajstić information content (AvgIpc) is 3.32. The number of amides is 2. The highest BCUT2D eigenvalue weighted by Crippen LogP contribution is 2.38. The third-order valence-corrected chi connectivity index (χ3v) is 8.48. The van der Waals surface area contributed by atoms with Crippen LogP contribution in [0.15, 0.2) is 36.4 Å². The van der Waals surface area contributed by atoms with E-state index < -0.39 is 0 Å². The lowest BCUT2D eigenvalue weighted by Crippen LogP contribution is -2.55. The van der Waals surface area contributed by atoms with E-state index in [2.05, 4.69) is 28.4 Å². The van der Waals surface area contributed by atoms with Crippen molar-refractivity contribution in [2.75, 3.05) is 11.9 Å². The predicted molar refractivity (Wildman–Crippen MR) is 137 cm³/mol. The number of fused-ring (bicyclic) bond motifs is 1. The predicted octanol–water partition coefficient (Wildman–Crippen LogP) is 6.23. The fraction of sp³-hybridized carbons (Fsp3) is 0.533. The van der Waals surface area contributed by atoms with E-state index in [9.17, 15) is 9.59 Å². The summed E-state index contributed by atoms with van der Waals surface area (Å²) in [7, 11) is 0. The third-order valence-electron chi connectivity index (χ3n) is 8.48. The van der Waals surface area contributed by atoms with Gasteiger partial charge in [-0.1, -0.05) is 43.5 Å². The van der Waals surface area contributed by atoms with Crippen molar-refractivity contribution in [3.63, 3.8) is 0 Å². The summed E-state index contributed by atoms with van der Waals surface area (Å²) in [6.07, 6.45) is 11.1. The van der Waals surface area contributed by atoms with Crippen LogP contribution in [-0.2, 0) is 17.6 Å². The quantitative estimate of drug-likeness (QED) is 0.590. The number of benzene rings is 2. The summed E-state index contributed by atoms with van der Waals surface area (Å²) in [6, 6.07) is 12.4. The van der Waals surface area contributed by atoms with Crippen molar-refractivity contribution in [2.45, 2.75) is 84.1 Å². The highest BCUT2D eigenvalue weighted by Gasteiger charge is 2.43. The normalized spacial score (nSPS) is 22.9. The molecule has 2 aliphatic carbocycles. The van der Waals surface area contributed by atoms with Gasteiger partial charge in [-0.05, 0) is 99.1 Å². The molecule has 180 valence electrons. The van der Waals surface area contributed by atoms with Gasteiger partial charge in [0, 0.05) is 23.8 Å². The first-order valence-electron chi connectivity index (χ1n) is 13.3. The van der Waals surface area contributed by atoms with Crippen molar-refractivity contribution < 1.29 is 9.59 Å². The summed E-state index contributed by atoms with van der Waals surface area (Å²) >= 11 is 0. The van der Waals surface area contributed by atoms with Gasteiger partial charge in [0.1, 0.15) is 0 Å². The highest BCUT2D eigenvalue weighted by atomic mass is 16.2. The molecule has 2 aromatic carbocycles. The number of hydrogen-bond acceptors (Lipinski definition) is 2. The molecule has 2 amide bonds. The SMILES string of the molecule is Cc1cccc(C)c1C(=O)N1CCCC(C(=O)Nc2ccc3c(c2)CCC3)[C@@H]1C1CCCCC1. The Balaban J connectivity index is 1.43. The van der Waals surface area contributed by atoms with Crippen LogP contribution >= 0.6 is 0 Å². The van der Waals surface area contributed by atoms with Crippen molar-refractivity contribution in [3.8, 4) is 0 Å². The smallest absolute Gasteiger partial charge is 0.254 e. The molecule has 4 heteroatoms.